The van der Waals surface area contributed by atoms with Gasteiger partial charge in [-0.1, -0.05) is 103 Å². The molecule has 1 N–H and O–H groups in total. The quantitative estimate of drug-likeness (QED) is 0.165. The largest absolute Gasteiger partial charge is 0.354 e. The van der Waals surface area contributed by atoms with E-state index >= 15 is 0 Å². The van der Waals surface area contributed by atoms with Crippen molar-refractivity contribution < 1.29 is 18.0 Å². The van der Waals surface area contributed by atoms with Gasteiger partial charge in [0, 0.05) is 19.5 Å². The van der Waals surface area contributed by atoms with E-state index in [1.54, 1.807) is 42.5 Å². The zero-order valence-corrected chi connectivity index (χ0v) is 27.4. The van der Waals surface area contributed by atoms with Crippen molar-refractivity contribution >= 4 is 27.5 Å². The second-order valence-corrected chi connectivity index (χ2v) is 13.4. The molecule has 0 saturated carbocycles. The molecule has 0 radical (unpaired) electrons. The highest BCUT2D eigenvalue weighted by atomic mass is 32.2. The fourth-order valence-corrected chi connectivity index (χ4v) is 6.51. The molecule has 0 aliphatic rings. The van der Waals surface area contributed by atoms with E-state index in [1.165, 1.54) is 4.90 Å². The molecule has 45 heavy (non-hydrogen) atoms. The summed E-state index contributed by atoms with van der Waals surface area (Å²) in [6.45, 7) is 7.96. The number of nitrogens with zero attached hydrogens (tertiary/aromatic N) is 2. The van der Waals surface area contributed by atoms with Crippen LogP contribution >= 0.6 is 0 Å². The Kier molecular flexibility index (Phi) is 11.5. The van der Waals surface area contributed by atoms with Crippen LogP contribution in [0.5, 0.6) is 0 Å². The molecule has 4 aromatic rings. The first kappa shape index (κ1) is 33.5. The molecule has 1 atom stereocenters. The van der Waals surface area contributed by atoms with Crippen LogP contribution in [0.1, 0.15) is 47.6 Å². The molecule has 0 aliphatic carbocycles. The van der Waals surface area contributed by atoms with Crippen molar-refractivity contribution in [3.63, 3.8) is 0 Å². The lowest BCUT2D eigenvalue weighted by molar-refractivity contribution is -0.140. The van der Waals surface area contributed by atoms with Crippen molar-refractivity contribution in [2.75, 3.05) is 17.4 Å². The second-order valence-electron chi connectivity index (χ2n) is 11.5. The minimum absolute atomic E-state index is 0.0886. The fourth-order valence-electron chi connectivity index (χ4n) is 5.10. The van der Waals surface area contributed by atoms with Crippen molar-refractivity contribution in [1.82, 2.24) is 10.2 Å². The third-order valence-electron chi connectivity index (χ3n) is 7.75. The average Bonchev–Trinajstić information content (AvgIpc) is 3.03. The topological polar surface area (TPSA) is 86.8 Å². The van der Waals surface area contributed by atoms with Crippen molar-refractivity contribution in [2.24, 2.45) is 0 Å². The van der Waals surface area contributed by atoms with Crippen molar-refractivity contribution in [2.45, 2.75) is 64.4 Å². The van der Waals surface area contributed by atoms with Crippen LogP contribution < -0.4 is 9.62 Å². The first-order valence-corrected chi connectivity index (χ1v) is 16.8. The summed E-state index contributed by atoms with van der Waals surface area (Å²) in [5, 5.41) is 3.02. The van der Waals surface area contributed by atoms with Crippen LogP contribution in [-0.2, 0) is 32.6 Å². The molecule has 8 heteroatoms. The Hall–Kier alpha value is -4.43. The number of sulfonamides is 1. The summed E-state index contributed by atoms with van der Waals surface area (Å²) < 4.78 is 29.5. The number of carbonyl (C=O) groups is 2. The van der Waals surface area contributed by atoms with Crippen LogP contribution in [0.2, 0.25) is 0 Å². The SMILES string of the molecule is CCCCNC(=O)C(Cc1ccccc1)N(Cc1ccc(C)cc1)C(=O)CN(c1cccc(C)c1)S(=O)(=O)c1ccc(C)cc1. The average molecular weight is 626 g/mol. The summed E-state index contributed by atoms with van der Waals surface area (Å²) in [6, 6.07) is 30.2. The van der Waals surface area contributed by atoms with E-state index in [9.17, 15) is 18.0 Å². The lowest BCUT2D eigenvalue weighted by Gasteiger charge is -2.34. The summed E-state index contributed by atoms with van der Waals surface area (Å²) in [5.41, 5.74) is 4.98. The molecule has 4 aromatic carbocycles. The van der Waals surface area contributed by atoms with Crippen molar-refractivity contribution in [1.29, 1.82) is 0 Å². The lowest BCUT2D eigenvalue weighted by Crippen LogP contribution is -2.53. The molecule has 7 nitrogen and oxygen atoms in total. The smallest absolute Gasteiger partial charge is 0.264 e. The van der Waals surface area contributed by atoms with Gasteiger partial charge in [-0.05, 0) is 68.1 Å². The maximum atomic E-state index is 14.5. The molecule has 2 amide bonds. The van der Waals surface area contributed by atoms with Crippen LogP contribution in [0.25, 0.3) is 0 Å². The zero-order chi connectivity index (χ0) is 32.4. The summed E-state index contributed by atoms with van der Waals surface area (Å²) in [5.74, 6) is -0.740. The maximum Gasteiger partial charge on any atom is 0.264 e. The van der Waals surface area contributed by atoms with Crippen LogP contribution in [-0.4, -0.2) is 44.3 Å². The third-order valence-corrected chi connectivity index (χ3v) is 9.54. The number of benzene rings is 4. The maximum absolute atomic E-state index is 14.5. The summed E-state index contributed by atoms with van der Waals surface area (Å²) in [6.07, 6.45) is 2.01. The molecule has 0 bridgehead atoms. The number of amides is 2. The Morgan fingerprint density at radius 2 is 1.40 bits per heavy atom. The molecule has 0 spiro atoms. The Morgan fingerprint density at radius 3 is 2.02 bits per heavy atom. The normalized spacial score (nSPS) is 11.9. The number of aryl methyl sites for hydroxylation is 3. The molecule has 4 rings (SSSR count). The fraction of sp³-hybridized carbons (Fsp3) is 0.297. The van der Waals surface area contributed by atoms with E-state index < -0.39 is 28.5 Å². The summed E-state index contributed by atoms with van der Waals surface area (Å²) in [7, 11) is -4.13. The number of carbonyl (C=O) groups excluding carboxylic acids is 2. The van der Waals surface area contributed by atoms with Gasteiger partial charge in [0.1, 0.15) is 12.6 Å². The van der Waals surface area contributed by atoms with Crippen LogP contribution in [0.15, 0.2) is 108 Å². The number of hydrogen-bond acceptors (Lipinski definition) is 4. The first-order chi connectivity index (χ1) is 21.6. The molecular weight excluding hydrogens is 582 g/mol. The van der Waals surface area contributed by atoms with E-state index in [0.717, 1.165) is 45.0 Å². The van der Waals surface area contributed by atoms with Gasteiger partial charge in [-0.2, -0.15) is 0 Å². The molecule has 0 fully saturated rings. The van der Waals surface area contributed by atoms with Gasteiger partial charge in [0.25, 0.3) is 10.0 Å². The predicted molar refractivity (Wildman–Crippen MR) is 180 cm³/mol. The third kappa shape index (κ3) is 9.05. The number of hydrogen-bond donors (Lipinski definition) is 1. The minimum atomic E-state index is -4.13. The van der Waals surface area contributed by atoms with Gasteiger partial charge in [-0.25, -0.2) is 8.42 Å². The molecule has 0 aromatic heterocycles. The van der Waals surface area contributed by atoms with Crippen LogP contribution in [0.3, 0.4) is 0 Å². The Bertz CT molecular complexity index is 1670. The van der Waals surface area contributed by atoms with Gasteiger partial charge in [0.15, 0.2) is 0 Å². The molecular formula is C37H43N3O4S. The van der Waals surface area contributed by atoms with E-state index in [0.29, 0.717) is 12.2 Å². The van der Waals surface area contributed by atoms with Gasteiger partial charge in [-0.15, -0.1) is 0 Å². The van der Waals surface area contributed by atoms with Crippen LogP contribution in [0.4, 0.5) is 5.69 Å². The Labute approximate surface area is 268 Å². The zero-order valence-electron chi connectivity index (χ0n) is 26.6. The van der Waals surface area contributed by atoms with Crippen molar-refractivity contribution in [3.05, 3.63) is 131 Å². The standard InChI is InChI=1S/C37H43N3O4S/c1-5-6-23-38-37(42)35(25-31-12-8-7-9-13-31)39(26-32-19-15-28(2)16-20-32)36(41)27-40(33-14-10-11-30(4)24-33)45(43,44)34-21-17-29(3)18-22-34/h7-22,24,35H,5-6,23,25-27H2,1-4H3,(H,38,42). The highest BCUT2D eigenvalue weighted by Crippen LogP contribution is 2.26. The van der Waals surface area contributed by atoms with E-state index in [2.05, 4.69) is 12.2 Å². The number of anilines is 1. The predicted octanol–water partition coefficient (Wildman–Crippen LogP) is 6.36. The number of nitrogens with one attached hydrogen (secondary N) is 1. The number of unbranched alkanes of at least 4 members (excludes halogenated alkanes) is 1. The van der Waals surface area contributed by atoms with Crippen molar-refractivity contribution in [3.8, 4) is 0 Å². The van der Waals surface area contributed by atoms with E-state index in [1.807, 2.05) is 81.4 Å². The monoisotopic (exact) mass is 625 g/mol. The summed E-state index contributed by atoms with van der Waals surface area (Å²) in [4.78, 5) is 30.0. The van der Waals surface area contributed by atoms with Gasteiger partial charge in [0.05, 0.1) is 10.6 Å². The molecule has 0 aliphatic heterocycles. The summed E-state index contributed by atoms with van der Waals surface area (Å²) >= 11 is 0. The molecule has 1 unspecified atom stereocenters. The highest BCUT2D eigenvalue weighted by Gasteiger charge is 2.34. The highest BCUT2D eigenvalue weighted by molar-refractivity contribution is 7.92. The Morgan fingerprint density at radius 1 is 0.756 bits per heavy atom. The van der Waals surface area contributed by atoms with Crippen LogP contribution in [0, 0.1) is 20.8 Å². The molecule has 236 valence electrons. The minimum Gasteiger partial charge on any atom is -0.354 e. The van der Waals surface area contributed by atoms with Gasteiger partial charge in [-0.3, -0.25) is 13.9 Å². The van der Waals surface area contributed by atoms with E-state index in [4.69, 9.17) is 0 Å². The Balaban J connectivity index is 1.78. The second kappa shape index (κ2) is 15.5. The van der Waals surface area contributed by atoms with E-state index in [-0.39, 0.29) is 23.8 Å². The van der Waals surface area contributed by atoms with Gasteiger partial charge >= 0.3 is 0 Å². The first-order valence-electron chi connectivity index (χ1n) is 15.4. The lowest BCUT2D eigenvalue weighted by atomic mass is 10.0. The van der Waals surface area contributed by atoms with Gasteiger partial charge in [0.2, 0.25) is 11.8 Å². The molecule has 0 heterocycles. The van der Waals surface area contributed by atoms with Gasteiger partial charge < -0.3 is 10.2 Å². The molecule has 0 saturated heterocycles. The number of rotatable bonds is 14.